The maximum absolute atomic E-state index is 14.2. The summed E-state index contributed by atoms with van der Waals surface area (Å²) in [6, 6.07) is 7.52. The highest BCUT2D eigenvalue weighted by Crippen LogP contribution is 2.30. The molecule has 12 heteroatoms. The molecule has 1 saturated carbocycles. The van der Waals surface area contributed by atoms with Crippen LogP contribution in [-0.4, -0.2) is 76.4 Å². The summed E-state index contributed by atoms with van der Waals surface area (Å²) in [6.07, 6.45) is 10.3. The molecule has 1 heterocycles. The minimum Gasteiger partial charge on any atom is -0.391 e. The standard InChI is InChI=1S/C39H63N5O6S/c1-7-8-19-41-37(47)32(27(2)3)23-35(45)33(21-29-17-13-10-14-18-29)43-38(48)34(22-31-24-40-26-42-31)44-36(46)30(20-28-15-11-9-12-16-28)25-51(49,50)39(4,5)6/h9,11-12,15-16,24,26-27,29-30,32-35,45H,7-8,10,13-14,17-23,25H2,1-6H3,(H,40,42)(H,41,47)(H,43,48)(H,44,46)/t30-,32+,33+,34-,35+/m1/s1. The molecule has 2 aromatic rings. The molecule has 0 bridgehead atoms. The van der Waals surface area contributed by atoms with E-state index >= 15 is 0 Å². The van der Waals surface area contributed by atoms with Crippen LogP contribution < -0.4 is 16.0 Å². The van der Waals surface area contributed by atoms with Gasteiger partial charge in [0.05, 0.1) is 34.9 Å². The first-order valence-electron chi connectivity index (χ1n) is 18.9. The SMILES string of the molecule is CCCCNC(=O)[C@@H](C[C@H](O)[C@H](CC1CCCCC1)NC(=O)[C@@H](Cc1cnc[nH]1)NC(=O)[C@H](Cc1ccccc1)CS(=O)(=O)C(C)(C)C)C(C)C. The number of aromatic amines is 1. The highest BCUT2D eigenvalue weighted by molar-refractivity contribution is 7.92. The number of H-pyrrole nitrogens is 1. The van der Waals surface area contributed by atoms with E-state index in [9.17, 15) is 27.9 Å². The molecule has 3 rings (SSSR count). The minimum absolute atomic E-state index is 0.0225. The summed E-state index contributed by atoms with van der Waals surface area (Å²) < 4.78 is 25.7. The van der Waals surface area contributed by atoms with E-state index in [2.05, 4.69) is 32.8 Å². The largest absolute Gasteiger partial charge is 0.391 e. The van der Waals surface area contributed by atoms with Gasteiger partial charge in [-0.25, -0.2) is 13.4 Å². The lowest BCUT2D eigenvalue weighted by Gasteiger charge is -2.33. The maximum Gasteiger partial charge on any atom is 0.243 e. The number of amides is 3. The van der Waals surface area contributed by atoms with Gasteiger partial charge in [0.2, 0.25) is 17.7 Å². The lowest BCUT2D eigenvalue weighted by molar-refractivity contribution is -0.132. The number of hydrogen-bond acceptors (Lipinski definition) is 7. The average molecular weight is 730 g/mol. The summed E-state index contributed by atoms with van der Waals surface area (Å²) in [4.78, 5) is 48.6. The van der Waals surface area contributed by atoms with Crippen LogP contribution in [0.4, 0.5) is 0 Å². The molecule has 1 aliphatic carbocycles. The van der Waals surface area contributed by atoms with E-state index in [0.717, 1.165) is 50.5 Å². The molecule has 1 aliphatic rings. The Balaban J connectivity index is 1.89. The molecule has 0 spiro atoms. The molecule has 0 unspecified atom stereocenters. The number of unbranched alkanes of at least 4 members (excludes halogenated alkanes) is 1. The Hall–Kier alpha value is -3.25. The van der Waals surface area contributed by atoms with Gasteiger partial charge in [0.15, 0.2) is 9.84 Å². The molecule has 1 fully saturated rings. The molecule has 1 aromatic heterocycles. The quantitative estimate of drug-likeness (QED) is 0.121. The van der Waals surface area contributed by atoms with Gasteiger partial charge in [-0.1, -0.05) is 89.6 Å². The molecule has 5 atom stereocenters. The third-order valence-corrected chi connectivity index (χ3v) is 12.9. The van der Waals surface area contributed by atoms with Crippen LogP contribution in [-0.2, 0) is 37.1 Å². The van der Waals surface area contributed by atoms with Gasteiger partial charge in [0, 0.05) is 30.8 Å². The molecular weight excluding hydrogens is 667 g/mol. The van der Waals surface area contributed by atoms with Crippen molar-refractivity contribution in [2.75, 3.05) is 12.3 Å². The van der Waals surface area contributed by atoms with Crippen molar-refractivity contribution >= 4 is 27.6 Å². The number of carbonyl (C=O) groups excluding carboxylic acids is 3. The van der Waals surface area contributed by atoms with Crippen molar-refractivity contribution in [2.24, 2.45) is 23.7 Å². The third-order valence-electron chi connectivity index (χ3n) is 10.2. The predicted octanol–water partition coefficient (Wildman–Crippen LogP) is 4.90. The van der Waals surface area contributed by atoms with Gasteiger partial charge < -0.3 is 26.0 Å². The zero-order chi connectivity index (χ0) is 37.6. The summed E-state index contributed by atoms with van der Waals surface area (Å²) in [6.45, 7) is 11.4. The fourth-order valence-electron chi connectivity index (χ4n) is 6.76. The molecule has 3 amide bonds. The van der Waals surface area contributed by atoms with Crippen molar-refractivity contribution in [1.82, 2.24) is 25.9 Å². The van der Waals surface area contributed by atoms with Gasteiger partial charge in [-0.05, 0) is 63.9 Å². The molecule has 11 nitrogen and oxygen atoms in total. The van der Waals surface area contributed by atoms with E-state index in [1.54, 1.807) is 27.0 Å². The normalized spacial score (nSPS) is 17.3. The van der Waals surface area contributed by atoms with Crippen LogP contribution in [0.1, 0.15) is 111 Å². The zero-order valence-corrected chi connectivity index (χ0v) is 32.4. The van der Waals surface area contributed by atoms with Crippen LogP contribution in [0.5, 0.6) is 0 Å². The number of nitrogens with one attached hydrogen (secondary N) is 4. The highest BCUT2D eigenvalue weighted by Gasteiger charge is 2.37. The predicted molar refractivity (Wildman–Crippen MR) is 201 cm³/mol. The number of rotatable bonds is 20. The van der Waals surface area contributed by atoms with Crippen molar-refractivity contribution < 1.29 is 27.9 Å². The summed E-state index contributed by atoms with van der Waals surface area (Å²) in [5, 5.41) is 20.7. The number of aliphatic hydroxyl groups excluding tert-OH is 1. The van der Waals surface area contributed by atoms with Crippen LogP contribution in [0.2, 0.25) is 0 Å². The van der Waals surface area contributed by atoms with Crippen molar-refractivity contribution in [3.05, 3.63) is 54.1 Å². The molecule has 51 heavy (non-hydrogen) atoms. The van der Waals surface area contributed by atoms with E-state index in [1.807, 2.05) is 44.2 Å². The number of aliphatic hydroxyl groups is 1. The Bertz CT molecular complexity index is 1450. The first kappa shape index (κ1) is 42.2. The number of hydrogen-bond donors (Lipinski definition) is 5. The fraction of sp³-hybridized carbons (Fsp3) is 0.692. The highest BCUT2D eigenvalue weighted by atomic mass is 32.2. The van der Waals surface area contributed by atoms with Crippen LogP contribution in [0.15, 0.2) is 42.9 Å². The first-order chi connectivity index (χ1) is 24.1. The van der Waals surface area contributed by atoms with Crippen LogP contribution in [0.3, 0.4) is 0 Å². The number of aromatic nitrogens is 2. The Kier molecular flexibility index (Phi) is 16.6. The molecule has 1 aromatic carbocycles. The smallest absolute Gasteiger partial charge is 0.243 e. The Labute approximate surface area is 305 Å². The Morgan fingerprint density at radius 3 is 2.25 bits per heavy atom. The number of nitrogens with zero attached hydrogens (tertiary/aromatic N) is 1. The second-order valence-corrected chi connectivity index (χ2v) is 18.6. The first-order valence-corrected chi connectivity index (χ1v) is 20.6. The topological polar surface area (TPSA) is 170 Å². The van der Waals surface area contributed by atoms with Gasteiger partial charge in [-0.3, -0.25) is 14.4 Å². The van der Waals surface area contributed by atoms with Gasteiger partial charge in [0.1, 0.15) is 6.04 Å². The minimum atomic E-state index is -3.69. The van der Waals surface area contributed by atoms with Crippen molar-refractivity contribution in [1.29, 1.82) is 0 Å². The van der Waals surface area contributed by atoms with E-state index in [0.29, 0.717) is 24.6 Å². The second kappa shape index (κ2) is 20.1. The van der Waals surface area contributed by atoms with Crippen LogP contribution in [0, 0.1) is 23.7 Å². The van der Waals surface area contributed by atoms with Gasteiger partial charge >= 0.3 is 0 Å². The monoisotopic (exact) mass is 729 g/mol. The summed E-state index contributed by atoms with van der Waals surface area (Å²) in [7, 11) is -3.69. The van der Waals surface area contributed by atoms with Gasteiger partial charge in [-0.2, -0.15) is 0 Å². The maximum atomic E-state index is 14.2. The Morgan fingerprint density at radius 2 is 1.67 bits per heavy atom. The molecule has 286 valence electrons. The average Bonchev–Trinajstić information content (AvgIpc) is 3.59. The van der Waals surface area contributed by atoms with Crippen molar-refractivity contribution in [3.63, 3.8) is 0 Å². The summed E-state index contributed by atoms with van der Waals surface area (Å²) in [5.41, 5.74) is 1.43. The van der Waals surface area contributed by atoms with E-state index in [1.165, 1.54) is 6.33 Å². The van der Waals surface area contributed by atoms with Crippen LogP contribution in [0.25, 0.3) is 0 Å². The number of carbonyl (C=O) groups is 3. The van der Waals surface area contributed by atoms with Gasteiger partial charge in [0.25, 0.3) is 0 Å². The molecular formula is C39H63N5O6S. The number of benzene rings is 1. The lowest BCUT2D eigenvalue weighted by Crippen LogP contribution is -2.55. The number of imidazole rings is 1. The van der Waals surface area contributed by atoms with E-state index in [-0.39, 0.29) is 36.8 Å². The third kappa shape index (κ3) is 13.7. The molecule has 0 radical (unpaired) electrons. The van der Waals surface area contributed by atoms with E-state index < -0.39 is 56.4 Å². The van der Waals surface area contributed by atoms with Crippen LogP contribution >= 0.6 is 0 Å². The summed E-state index contributed by atoms with van der Waals surface area (Å²) in [5.74, 6) is -2.60. The summed E-state index contributed by atoms with van der Waals surface area (Å²) >= 11 is 0. The fourth-order valence-corrected chi connectivity index (χ4v) is 8.06. The van der Waals surface area contributed by atoms with Gasteiger partial charge in [-0.15, -0.1) is 0 Å². The molecule has 0 aliphatic heterocycles. The zero-order valence-electron chi connectivity index (χ0n) is 31.6. The van der Waals surface area contributed by atoms with E-state index in [4.69, 9.17) is 0 Å². The second-order valence-electron chi connectivity index (χ2n) is 15.8. The van der Waals surface area contributed by atoms with Crippen molar-refractivity contribution in [2.45, 2.75) is 135 Å². The molecule has 0 saturated heterocycles. The molecule has 5 N–H and O–H groups in total. The number of sulfone groups is 1. The van der Waals surface area contributed by atoms with Crippen molar-refractivity contribution in [3.8, 4) is 0 Å². The lowest BCUT2D eigenvalue weighted by atomic mass is 9.81. The Morgan fingerprint density at radius 1 is 0.980 bits per heavy atom.